The summed E-state index contributed by atoms with van der Waals surface area (Å²) in [4.78, 5) is 0. The molecule has 0 fully saturated rings. The van der Waals surface area contributed by atoms with Crippen molar-refractivity contribution in [1.29, 1.82) is 0 Å². The first kappa shape index (κ1) is 15.8. The summed E-state index contributed by atoms with van der Waals surface area (Å²) >= 11 is 0. The largest absolute Gasteiger partial charge is 0.497 e. The van der Waals surface area contributed by atoms with E-state index in [2.05, 4.69) is 12.2 Å². The number of benzene rings is 1. The van der Waals surface area contributed by atoms with Gasteiger partial charge in [-0.05, 0) is 63.0 Å². The van der Waals surface area contributed by atoms with Gasteiger partial charge in [-0.3, -0.25) is 0 Å². The third-order valence-electron chi connectivity index (χ3n) is 3.22. The molecular formula is C15H26N2O2. The van der Waals surface area contributed by atoms with E-state index in [0.717, 1.165) is 50.4 Å². The molecule has 0 heterocycles. The SMILES string of the molecule is COc1cc(C)c(CCNCCCCN)c(OC)c1. The van der Waals surface area contributed by atoms with Gasteiger partial charge >= 0.3 is 0 Å². The molecule has 4 heteroatoms. The Morgan fingerprint density at radius 2 is 1.89 bits per heavy atom. The minimum atomic E-state index is 0.771. The number of nitrogens with two attached hydrogens (primary N) is 1. The highest BCUT2D eigenvalue weighted by atomic mass is 16.5. The van der Waals surface area contributed by atoms with Gasteiger partial charge in [0.2, 0.25) is 0 Å². The van der Waals surface area contributed by atoms with Gasteiger partial charge < -0.3 is 20.5 Å². The monoisotopic (exact) mass is 266 g/mol. The Morgan fingerprint density at radius 1 is 1.11 bits per heavy atom. The molecule has 19 heavy (non-hydrogen) atoms. The highest BCUT2D eigenvalue weighted by molar-refractivity contribution is 5.46. The number of nitrogens with one attached hydrogen (secondary N) is 1. The van der Waals surface area contributed by atoms with Gasteiger partial charge in [0.25, 0.3) is 0 Å². The lowest BCUT2D eigenvalue weighted by Crippen LogP contribution is -2.19. The smallest absolute Gasteiger partial charge is 0.126 e. The van der Waals surface area contributed by atoms with Crippen LogP contribution in [0.25, 0.3) is 0 Å². The quantitative estimate of drug-likeness (QED) is 0.670. The van der Waals surface area contributed by atoms with Crippen molar-refractivity contribution in [2.45, 2.75) is 26.2 Å². The van der Waals surface area contributed by atoms with Gasteiger partial charge in [0, 0.05) is 6.07 Å². The lowest BCUT2D eigenvalue weighted by Gasteiger charge is -2.14. The second-order valence-corrected chi connectivity index (χ2v) is 4.62. The summed E-state index contributed by atoms with van der Waals surface area (Å²) in [6, 6.07) is 3.99. The predicted octanol–water partition coefficient (Wildman–Crippen LogP) is 1.88. The molecule has 1 aromatic rings. The van der Waals surface area contributed by atoms with Crippen molar-refractivity contribution in [1.82, 2.24) is 5.32 Å². The fourth-order valence-corrected chi connectivity index (χ4v) is 2.11. The summed E-state index contributed by atoms with van der Waals surface area (Å²) in [5.41, 5.74) is 7.92. The lowest BCUT2D eigenvalue weighted by atomic mass is 10.0. The Bertz CT molecular complexity index is 381. The van der Waals surface area contributed by atoms with E-state index in [1.807, 2.05) is 12.1 Å². The van der Waals surface area contributed by atoms with E-state index in [1.165, 1.54) is 11.1 Å². The molecule has 1 rings (SSSR count). The number of hydrogen-bond acceptors (Lipinski definition) is 4. The second-order valence-electron chi connectivity index (χ2n) is 4.62. The topological polar surface area (TPSA) is 56.5 Å². The molecule has 0 atom stereocenters. The highest BCUT2D eigenvalue weighted by Crippen LogP contribution is 2.28. The summed E-state index contributed by atoms with van der Waals surface area (Å²) in [6.07, 6.45) is 3.18. The normalized spacial score (nSPS) is 10.5. The average Bonchev–Trinajstić information content (AvgIpc) is 2.43. The van der Waals surface area contributed by atoms with Crippen molar-refractivity contribution in [3.8, 4) is 11.5 Å². The molecule has 0 bridgehead atoms. The van der Waals surface area contributed by atoms with Crippen LogP contribution in [-0.4, -0.2) is 33.9 Å². The maximum atomic E-state index is 5.46. The summed E-state index contributed by atoms with van der Waals surface area (Å²) in [7, 11) is 3.37. The highest BCUT2D eigenvalue weighted by Gasteiger charge is 2.08. The summed E-state index contributed by atoms with van der Waals surface area (Å²) in [5.74, 6) is 1.75. The number of unbranched alkanes of at least 4 members (excludes halogenated alkanes) is 1. The number of rotatable bonds is 9. The van der Waals surface area contributed by atoms with Gasteiger partial charge in [-0.25, -0.2) is 0 Å². The van der Waals surface area contributed by atoms with Gasteiger partial charge in [-0.2, -0.15) is 0 Å². The molecule has 0 aliphatic rings. The first-order chi connectivity index (χ1) is 9.22. The van der Waals surface area contributed by atoms with Crippen LogP contribution in [-0.2, 0) is 6.42 Å². The minimum Gasteiger partial charge on any atom is -0.497 e. The van der Waals surface area contributed by atoms with E-state index >= 15 is 0 Å². The second kappa shape index (κ2) is 8.77. The zero-order valence-corrected chi connectivity index (χ0v) is 12.3. The standard InChI is InChI=1S/C15H26N2O2/c1-12-10-13(18-2)11-15(19-3)14(12)6-9-17-8-5-4-7-16/h10-11,17H,4-9,16H2,1-3H3. The Balaban J connectivity index is 2.52. The van der Waals surface area contributed by atoms with Crippen molar-refractivity contribution < 1.29 is 9.47 Å². The van der Waals surface area contributed by atoms with Crippen molar-refractivity contribution in [3.05, 3.63) is 23.3 Å². The minimum absolute atomic E-state index is 0.771. The zero-order chi connectivity index (χ0) is 14.1. The first-order valence-electron chi connectivity index (χ1n) is 6.85. The summed E-state index contributed by atoms with van der Waals surface area (Å²) in [6.45, 7) is 4.84. The Kier molecular flexibility index (Phi) is 7.30. The van der Waals surface area contributed by atoms with Crippen molar-refractivity contribution in [2.24, 2.45) is 5.73 Å². The Morgan fingerprint density at radius 3 is 2.53 bits per heavy atom. The van der Waals surface area contributed by atoms with Crippen LogP contribution in [0.3, 0.4) is 0 Å². The maximum absolute atomic E-state index is 5.46. The van der Waals surface area contributed by atoms with Crippen molar-refractivity contribution in [3.63, 3.8) is 0 Å². The van der Waals surface area contributed by atoms with Crippen LogP contribution in [0.1, 0.15) is 24.0 Å². The maximum Gasteiger partial charge on any atom is 0.126 e. The van der Waals surface area contributed by atoms with Gasteiger partial charge in [-0.15, -0.1) is 0 Å². The molecule has 0 amide bonds. The molecule has 0 aliphatic heterocycles. The van der Waals surface area contributed by atoms with Crippen LogP contribution < -0.4 is 20.5 Å². The molecule has 0 saturated carbocycles. The van der Waals surface area contributed by atoms with Crippen LogP contribution in [0.4, 0.5) is 0 Å². The van der Waals surface area contributed by atoms with Gasteiger partial charge in [-0.1, -0.05) is 0 Å². The average molecular weight is 266 g/mol. The van der Waals surface area contributed by atoms with E-state index < -0.39 is 0 Å². The van der Waals surface area contributed by atoms with Crippen LogP contribution >= 0.6 is 0 Å². The lowest BCUT2D eigenvalue weighted by molar-refractivity contribution is 0.390. The van der Waals surface area contributed by atoms with E-state index in [1.54, 1.807) is 14.2 Å². The molecule has 4 nitrogen and oxygen atoms in total. The summed E-state index contributed by atoms with van der Waals surface area (Å²) < 4.78 is 10.7. The number of methoxy groups -OCH3 is 2. The fourth-order valence-electron chi connectivity index (χ4n) is 2.11. The third kappa shape index (κ3) is 5.09. The van der Waals surface area contributed by atoms with Crippen molar-refractivity contribution >= 4 is 0 Å². The van der Waals surface area contributed by atoms with Gasteiger partial charge in [0.15, 0.2) is 0 Å². The third-order valence-corrected chi connectivity index (χ3v) is 3.22. The van der Waals surface area contributed by atoms with Gasteiger partial charge in [0.1, 0.15) is 11.5 Å². The van der Waals surface area contributed by atoms with E-state index in [9.17, 15) is 0 Å². The first-order valence-corrected chi connectivity index (χ1v) is 6.85. The zero-order valence-electron chi connectivity index (χ0n) is 12.3. The van der Waals surface area contributed by atoms with Crippen LogP contribution in [0.15, 0.2) is 12.1 Å². The molecule has 0 radical (unpaired) electrons. The van der Waals surface area contributed by atoms with E-state index in [0.29, 0.717) is 0 Å². The van der Waals surface area contributed by atoms with E-state index in [-0.39, 0.29) is 0 Å². The fraction of sp³-hybridized carbons (Fsp3) is 0.600. The molecule has 3 N–H and O–H groups in total. The molecule has 1 aromatic carbocycles. The Hall–Kier alpha value is -1.26. The number of hydrogen-bond donors (Lipinski definition) is 2. The number of aryl methyl sites for hydroxylation is 1. The van der Waals surface area contributed by atoms with Crippen LogP contribution in [0, 0.1) is 6.92 Å². The van der Waals surface area contributed by atoms with E-state index in [4.69, 9.17) is 15.2 Å². The molecular weight excluding hydrogens is 240 g/mol. The van der Waals surface area contributed by atoms with Crippen molar-refractivity contribution in [2.75, 3.05) is 33.9 Å². The molecule has 108 valence electrons. The molecule has 0 aliphatic carbocycles. The molecule has 0 saturated heterocycles. The molecule has 0 unspecified atom stereocenters. The molecule has 0 aromatic heterocycles. The summed E-state index contributed by atoms with van der Waals surface area (Å²) in [5, 5.41) is 3.43. The van der Waals surface area contributed by atoms with Gasteiger partial charge in [0.05, 0.1) is 14.2 Å². The van der Waals surface area contributed by atoms with Crippen LogP contribution in [0.2, 0.25) is 0 Å². The molecule has 0 spiro atoms. The Labute approximate surface area is 116 Å². The van der Waals surface area contributed by atoms with Crippen LogP contribution in [0.5, 0.6) is 11.5 Å². The number of ether oxygens (including phenoxy) is 2. The predicted molar refractivity (Wildman–Crippen MR) is 79.1 cm³/mol.